The molecule has 0 bridgehead atoms. The maximum Gasteiger partial charge on any atom is 0.308 e. The van der Waals surface area contributed by atoms with Gasteiger partial charge in [0.1, 0.15) is 6.61 Å². The number of nitro groups is 1. The Hall–Kier alpha value is -3.03. The van der Waals surface area contributed by atoms with Gasteiger partial charge in [-0.1, -0.05) is 12.1 Å². The third kappa shape index (κ3) is 2.83. The molecule has 0 amide bonds. The van der Waals surface area contributed by atoms with E-state index in [0.717, 1.165) is 12.1 Å². The van der Waals surface area contributed by atoms with Gasteiger partial charge in [-0.3, -0.25) is 10.1 Å². The summed E-state index contributed by atoms with van der Waals surface area (Å²) >= 11 is 0. The molecule has 0 saturated heterocycles. The van der Waals surface area contributed by atoms with Crippen LogP contribution in [0.1, 0.15) is 5.56 Å². The average Bonchev–Trinajstić information content (AvgIpc) is 3.02. The summed E-state index contributed by atoms with van der Waals surface area (Å²) in [5.41, 5.74) is 0.0210. The molecular formula is C15H12FNO6. The molecule has 8 heteroatoms. The lowest BCUT2D eigenvalue weighted by Crippen LogP contribution is -2.02. The molecule has 0 atom stereocenters. The summed E-state index contributed by atoms with van der Waals surface area (Å²) in [4.78, 5) is 10.0. The Labute approximate surface area is 130 Å². The smallest absolute Gasteiger partial charge is 0.308 e. The Morgan fingerprint density at radius 3 is 2.87 bits per heavy atom. The zero-order chi connectivity index (χ0) is 16.4. The lowest BCUT2D eigenvalue weighted by Gasteiger charge is -2.12. The first-order valence-electron chi connectivity index (χ1n) is 6.62. The van der Waals surface area contributed by atoms with Crippen molar-refractivity contribution in [2.24, 2.45) is 0 Å². The Kier molecular flexibility index (Phi) is 3.88. The van der Waals surface area contributed by atoms with Crippen LogP contribution in [0.25, 0.3) is 0 Å². The van der Waals surface area contributed by atoms with E-state index in [0.29, 0.717) is 17.1 Å². The van der Waals surface area contributed by atoms with Gasteiger partial charge in [0, 0.05) is 11.6 Å². The number of rotatable bonds is 5. The molecule has 120 valence electrons. The summed E-state index contributed by atoms with van der Waals surface area (Å²) in [5.74, 6) is 0.303. The molecule has 2 aromatic carbocycles. The fourth-order valence-electron chi connectivity index (χ4n) is 2.20. The van der Waals surface area contributed by atoms with Gasteiger partial charge in [-0.2, -0.15) is 4.39 Å². The number of ether oxygens (including phenoxy) is 4. The number of nitrogens with zero attached hydrogens (tertiary/aromatic N) is 1. The van der Waals surface area contributed by atoms with Crippen molar-refractivity contribution in [1.29, 1.82) is 0 Å². The normalized spacial score (nSPS) is 12.1. The first-order chi connectivity index (χ1) is 11.1. The molecule has 3 rings (SSSR count). The van der Waals surface area contributed by atoms with Gasteiger partial charge in [-0.05, 0) is 6.07 Å². The number of fused-ring (bicyclic) bond motifs is 1. The van der Waals surface area contributed by atoms with Crippen molar-refractivity contribution in [3.8, 4) is 23.0 Å². The largest absolute Gasteiger partial charge is 0.493 e. The number of methoxy groups -OCH3 is 1. The predicted molar refractivity (Wildman–Crippen MR) is 76.5 cm³/mol. The van der Waals surface area contributed by atoms with E-state index in [2.05, 4.69) is 0 Å². The van der Waals surface area contributed by atoms with Crippen molar-refractivity contribution in [3.05, 3.63) is 51.8 Å². The predicted octanol–water partition coefficient (Wildman–Crippen LogP) is 3.05. The highest BCUT2D eigenvalue weighted by Gasteiger charge is 2.21. The summed E-state index contributed by atoms with van der Waals surface area (Å²) in [5, 5.41) is 10.8. The van der Waals surface area contributed by atoms with Crippen molar-refractivity contribution in [2.75, 3.05) is 13.9 Å². The number of hydrogen-bond donors (Lipinski definition) is 0. The highest BCUT2D eigenvalue weighted by molar-refractivity contribution is 5.51. The van der Waals surface area contributed by atoms with Crippen molar-refractivity contribution in [2.45, 2.75) is 6.61 Å². The van der Waals surface area contributed by atoms with Gasteiger partial charge in [-0.15, -0.1) is 0 Å². The summed E-state index contributed by atoms with van der Waals surface area (Å²) < 4.78 is 34.8. The van der Waals surface area contributed by atoms with Crippen LogP contribution in [-0.2, 0) is 6.61 Å². The monoisotopic (exact) mass is 321 g/mol. The van der Waals surface area contributed by atoms with Gasteiger partial charge in [-0.25, -0.2) is 0 Å². The number of para-hydroxylation sites is 1. The second kappa shape index (κ2) is 5.99. The molecule has 0 fully saturated rings. The van der Waals surface area contributed by atoms with E-state index >= 15 is 0 Å². The third-order valence-electron chi connectivity index (χ3n) is 3.29. The Bertz CT molecular complexity index is 764. The van der Waals surface area contributed by atoms with Crippen LogP contribution >= 0.6 is 0 Å². The number of hydrogen-bond acceptors (Lipinski definition) is 6. The first-order valence-corrected chi connectivity index (χ1v) is 6.62. The quantitative estimate of drug-likeness (QED) is 0.622. The van der Waals surface area contributed by atoms with Crippen LogP contribution in [0, 0.1) is 15.9 Å². The number of nitro benzene ring substituents is 1. The summed E-state index contributed by atoms with van der Waals surface area (Å²) in [6.07, 6.45) is 0. The summed E-state index contributed by atoms with van der Waals surface area (Å²) in [6, 6.07) is 7.22. The van der Waals surface area contributed by atoms with Crippen LogP contribution in [0.15, 0.2) is 30.3 Å². The van der Waals surface area contributed by atoms with E-state index in [9.17, 15) is 14.5 Å². The minimum absolute atomic E-state index is 0.0612. The molecule has 0 spiro atoms. The van der Waals surface area contributed by atoms with Crippen LogP contribution in [0.5, 0.6) is 23.0 Å². The maximum absolute atomic E-state index is 13.6. The zero-order valence-corrected chi connectivity index (χ0v) is 12.1. The van der Waals surface area contributed by atoms with E-state index in [1.54, 1.807) is 18.2 Å². The van der Waals surface area contributed by atoms with Crippen molar-refractivity contribution in [3.63, 3.8) is 0 Å². The molecule has 23 heavy (non-hydrogen) atoms. The van der Waals surface area contributed by atoms with Crippen LogP contribution in [-0.4, -0.2) is 18.8 Å². The Morgan fingerprint density at radius 1 is 1.30 bits per heavy atom. The van der Waals surface area contributed by atoms with Gasteiger partial charge in [0.25, 0.3) is 0 Å². The van der Waals surface area contributed by atoms with Crippen LogP contribution in [0.3, 0.4) is 0 Å². The molecule has 0 aromatic heterocycles. The second-order valence-electron chi connectivity index (χ2n) is 4.65. The topological polar surface area (TPSA) is 80.1 Å². The third-order valence-corrected chi connectivity index (χ3v) is 3.29. The van der Waals surface area contributed by atoms with Gasteiger partial charge in [0.2, 0.25) is 12.6 Å². The first kappa shape index (κ1) is 14.9. The average molecular weight is 321 g/mol. The summed E-state index contributed by atoms with van der Waals surface area (Å²) in [7, 11) is 1.32. The summed E-state index contributed by atoms with van der Waals surface area (Å²) in [6.45, 7) is 0.184. The molecule has 0 aliphatic carbocycles. The van der Waals surface area contributed by atoms with Crippen molar-refractivity contribution < 1.29 is 28.3 Å². The highest BCUT2D eigenvalue weighted by atomic mass is 19.1. The lowest BCUT2D eigenvalue weighted by molar-refractivity contribution is -0.387. The van der Waals surface area contributed by atoms with Crippen LogP contribution in [0.4, 0.5) is 10.1 Å². The van der Waals surface area contributed by atoms with Crippen molar-refractivity contribution >= 4 is 5.69 Å². The van der Waals surface area contributed by atoms with E-state index in [1.165, 1.54) is 7.11 Å². The number of benzene rings is 2. The fraction of sp³-hybridized carbons (Fsp3) is 0.200. The standard InChI is InChI=1S/C15H12FNO6/c1-20-13-5-10(16)11(17(18)19)6-14(13)21-7-9-3-2-4-12-15(9)23-8-22-12/h2-6H,7-8H2,1H3. The van der Waals surface area contributed by atoms with E-state index in [4.69, 9.17) is 18.9 Å². The van der Waals surface area contributed by atoms with Crippen LogP contribution < -0.4 is 18.9 Å². The lowest BCUT2D eigenvalue weighted by atomic mass is 10.2. The van der Waals surface area contributed by atoms with E-state index in [-0.39, 0.29) is 24.9 Å². The second-order valence-corrected chi connectivity index (χ2v) is 4.65. The maximum atomic E-state index is 13.6. The Balaban J connectivity index is 1.87. The molecule has 1 heterocycles. The minimum atomic E-state index is -0.989. The van der Waals surface area contributed by atoms with Gasteiger partial charge < -0.3 is 18.9 Å². The fourth-order valence-corrected chi connectivity index (χ4v) is 2.20. The van der Waals surface area contributed by atoms with Crippen LogP contribution in [0.2, 0.25) is 0 Å². The molecule has 0 radical (unpaired) electrons. The Morgan fingerprint density at radius 2 is 2.13 bits per heavy atom. The number of halogens is 1. The molecule has 1 aliphatic rings. The molecule has 1 aliphatic heterocycles. The SMILES string of the molecule is COc1cc(F)c([N+](=O)[O-])cc1OCc1cccc2c1OCO2. The highest BCUT2D eigenvalue weighted by Crippen LogP contribution is 2.38. The zero-order valence-electron chi connectivity index (χ0n) is 12.1. The van der Waals surface area contributed by atoms with E-state index < -0.39 is 16.4 Å². The minimum Gasteiger partial charge on any atom is -0.493 e. The van der Waals surface area contributed by atoms with E-state index in [1.807, 2.05) is 0 Å². The van der Waals surface area contributed by atoms with Gasteiger partial charge in [0.15, 0.2) is 23.0 Å². The molecular weight excluding hydrogens is 309 g/mol. The van der Waals surface area contributed by atoms with Gasteiger partial charge >= 0.3 is 5.69 Å². The van der Waals surface area contributed by atoms with Gasteiger partial charge in [0.05, 0.1) is 18.1 Å². The molecule has 2 aromatic rings. The molecule has 0 saturated carbocycles. The van der Waals surface area contributed by atoms with Crippen molar-refractivity contribution in [1.82, 2.24) is 0 Å². The molecule has 0 N–H and O–H groups in total. The molecule has 0 unspecified atom stereocenters. The molecule has 7 nitrogen and oxygen atoms in total.